The third-order valence-electron chi connectivity index (χ3n) is 6.38. The van der Waals surface area contributed by atoms with Gasteiger partial charge in [0.25, 0.3) is 5.91 Å². The van der Waals surface area contributed by atoms with Crippen LogP contribution in [0.2, 0.25) is 0 Å². The lowest BCUT2D eigenvalue weighted by atomic mass is 9.92. The number of carbonyl (C=O) groups is 1. The van der Waals surface area contributed by atoms with Gasteiger partial charge in [0.2, 0.25) is 0 Å². The third kappa shape index (κ3) is 5.49. The van der Waals surface area contributed by atoms with Crippen molar-refractivity contribution in [3.05, 3.63) is 27.7 Å². The molecule has 0 bridgehead atoms. The monoisotopic (exact) mass is 451 g/mol. The first-order valence-corrected chi connectivity index (χ1v) is 11.6. The summed E-state index contributed by atoms with van der Waals surface area (Å²) in [4.78, 5) is 15.3. The molecule has 5 nitrogen and oxygen atoms in total. The van der Waals surface area contributed by atoms with Gasteiger partial charge in [0.1, 0.15) is 0 Å². The van der Waals surface area contributed by atoms with Gasteiger partial charge in [-0.25, -0.2) is 0 Å². The zero-order valence-electron chi connectivity index (χ0n) is 16.9. The number of hydrogen-bond donors (Lipinski definition) is 3. The van der Waals surface area contributed by atoms with Crippen LogP contribution in [0, 0.1) is 0 Å². The number of benzene rings is 1. The van der Waals surface area contributed by atoms with E-state index in [1.54, 1.807) is 0 Å². The average Bonchev–Trinajstić information content (AvgIpc) is 2.71. The molecule has 1 amide bonds. The Labute approximate surface area is 177 Å². The van der Waals surface area contributed by atoms with Crippen LogP contribution >= 0.6 is 15.9 Å². The summed E-state index contributed by atoms with van der Waals surface area (Å²) >= 11 is 3.55. The fraction of sp³-hybridized carbons (Fsp3) is 0.682. The minimum absolute atomic E-state index is 0.0518. The number of nitrogens with two attached hydrogens (primary N) is 1. The Morgan fingerprint density at radius 2 is 1.86 bits per heavy atom. The second kappa shape index (κ2) is 10.1. The van der Waals surface area contributed by atoms with Crippen molar-refractivity contribution in [1.82, 2.24) is 10.2 Å². The lowest BCUT2D eigenvalue weighted by Crippen LogP contribution is -2.39. The molecule has 1 aromatic rings. The maximum absolute atomic E-state index is 12.8. The van der Waals surface area contributed by atoms with Gasteiger partial charge in [0.15, 0.2) is 0 Å². The normalized spacial score (nSPS) is 23.7. The Hall–Kier alpha value is -1.11. The first kappa shape index (κ1) is 21.6. The summed E-state index contributed by atoms with van der Waals surface area (Å²) in [5.41, 5.74) is 8.75. The largest absolute Gasteiger partial charge is 0.398 e. The van der Waals surface area contributed by atoms with Gasteiger partial charge in [-0.2, -0.15) is 0 Å². The van der Waals surface area contributed by atoms with E-state index in [-0.39, 0.29) is 18.1 Å². The number of rotatable bonds is 6. The van der Waals surface area contributed by atoms with Crippen molar-refractivity contribution in [1.29, 1.82) is 0 Å². The molecule has 156 valence electrons. The van der Waals surface area contributed by atoms with Crippen LogP contribution in [-0.4, -0.2) is 40.6 Å². The maximum Gasteiger partial charge on any atom is 0.251 e. The molecule has 28 heavy (non-hydrogen) atoms. The Kier molecular flexibility index (Phi) is 7.77. The van der Waals surface area contributed by atoms with Crippen LogP contribution in [0.25, 0.3) is 0 Å². The molecule has 2 aliphatic rings. The predicted molar refractivity (Wildman–Crippen MR) is 117 cm³/mol. The molecular weight excluding hydrogens is 418 g/mol. The number of nitrogens with one attached hydrogen (secondary N) is 1. The number of amides is 1. The summed E-state index contributed by atoms with van der Waals surface area (Å²) < 4.78 is 0.786. The highest BCUT2D eigenvalue weighted by molar-refractivity contribution is 9.10. The Bertz CT molecular complexity index is 668. The Morgan fingerprint density at radius 1 is 1.18 bits per heavy atom. The van der Waals surface area contributed by atoms with Crippen LogP contribution in [0.15, 0.2) is 16.6 Å². The number of halogens is 1. The average molecular weight is 452 g/mol. The summed E-state index contributed by atoms with van der Waals surface area (Å²) in [6.07, 6.45) is 9.43. The van der Waals surface area contributed by atoms with Crippen molar-refractivity contribution in [2.24, 2.45) is 0 Å². The van der Waals surface area contributed by atoms with Crippen LogP contribution in [0.1, 0.15) is 80.6 Å². The highest BCUT2D eigenvalue weighted by Gasteiger charge is 2.24. The van der Waals surface area contributed by atoms with Crippen LogP contribution in [-0.2, 0) is 6.54 Å². The second-order valence-corrected chi connectivity index (χ2v) is 9.22. The van der Waals surface area contributed by atoms with Crippen molar-refractivity contribution < 1.29 is 9.90 Å². The van der Waals surface area contributed by atoms with Crippen LogP contribution < -0.4 is 11.1 Å². The summed E-state index contributed by atoms with van der Waals surface area (Å²) in [6.45, 7) is 3.97. The number of aliphatic hydroxyl groups excluding tert-OH is 1. The number of nitrogens with zero attached hydrogens (tertiary/aromatic N) is 1. The number of anilines is 1. The van der Waals surface area contributed by atoms with Crippen molar-refractivity contribution in [3.8, 4) is 0 Å². The van der Waals surface area contributed by atoms with Gasteiger partial charge in [0, 0.05) is 28.7 Å². The Morgan fingerprint density at radius 3 is 2.50 bits per heavy atom. The van der Waals surface area contributed by atoms with Gasteiger partial charge in [-0.15, -0.1) is 0 Å². The Balaban J connectivity index is 1.71. The van der Waals surface area contributed by atoms with Gasteiger partial charge >= 0.3 is 0 Å². The minimum Gasteiger partial charge on any atom is -0.398 e. The van der Waals surface area contributed by atoms with E-state index >= 15 is 0 Å². The minimum atomic E-state index is -0.217. The lowest BCUT2D eigenvalue weighted by Gasteiger charge is -2.34. The molecule has 0 saturated heterocycles. The van der Waals surface area contributed by atoms with Crippen molar-refractivity contribution >= 4 is 27.5 Å². The molecule has 0 spiro atoms. The first-order valence-electron chi connectivity index (χ1n) is 10.8. The molecule has 2 saturated carbocycles. The summed E-state index contributed by atoms with van der Waals surface area (Å²) in [6, 6.07) is 4.54. The third-order valence-corrected chi connectivity index (χ3v) is 7.04. The molecule has 1 aromatic carbocycles. The molecule has 0 radical (unpaired) electrons. The van der Waals surface area contributed by atoms with Gasteiger partial charge in [-0.3, -0.25) is 9.69 Å². The summed E-state index contributed by atoms with van der Waals surface area (Å²) in [5, 5.41) is 12.8. The molecule has 6 heteroatoms. The van der Waals surface area contributed by atoms with Crippen molar-refractivity contribution in [2.75, 3.05) is 12.3 Å². The number of aliphatic hydroxyl groups is 1. The van der Waals surface area contributed by atoms with Crippen LogP contribution in [0.4, 0.5) is 5.69 Å². The molecule has 0 aliphatic heterocycles. The standard InChI is InChI=1S/C22H34BrN3O2/c1-2-26(18-6-4-3-5-7-18)14-16-12-15(13-20(23)21(16)24)22(28)25-17-8-10-19(27)11-9-17/h12-13,17-19,27H,2-11,14,24H2,1H3,(H,25,28)/t17-,19-. The van der Waals surface area contributed by atoms with E-state index in [9.17, 15) is 9.90 Å². The predicted octanol–water partition coefficient (Wildman–Crippen LogP) is 4.22. The van der Waals surface area contributed by atoms with E-state index in [0.29, 0.717) is 11.6 Å². The zero-order chi connectivity index (χ0) is 20.1. The molecule has 0 atom stereocenters. The fourth-order valence-electron chi connectivity index (χ4n) is 4.59. The molecule has 0 heterocycles. The van der Waals surface area contributed by atoms with E-state index in [2.05, 4.69) is 33.1 Å². The second-order valence-electron chi connectivity index (χ2n) is 8.36. The molecule has 0 unspecified atom stereocenters. The van der Waals surface area contributed by atoms with Gasteiger partial charge < -0.3 is 16.2 Å². The summed E-state index contributed by atoms with van der Waals surface area (Å²) in [5.74, 6) is -0.0518. The maximum atomic E-state index is 12.8. The quantitative estimate of drug-likeness (QED) is 0.565. The lowest BCUT2D eigenvalue weighted by molar-refractivity contribution is 0.0867. The number of carbonyl (C=O) groups excluding carboxylic acids is 1. The van der Waals surface area contributed by atoms with E-state index in [1.165, 1.54) is 32.1 Å². The van der Waals surface area contributed by atoms with Gasteiger partial charge in [0.05, 0.1) is 11.8 Å². The van der Waals surface area contributed by atoms with Crippen LogP contribution in [0.5, 0.6) is 0 Å². The summed E-state index contributed by atoms with van der Waals surface area (Å²) in [7, 11) is 0. The molecule has 2 aliphatic carbocycles. The van der Waals surface area contributed by atoms with Crippen LogP contribution in [0.3, 0.4) is 0 Å². The highest BCUT2D eigenvalue weighted by atomic mass is 79.9. The van der Waals surface area contributed by atoms with Gasteiger partial charge in [-0.05, 0) is 78.7 Å². The van der Waals surface area contributed by atoms with Gasteiger partial charge in [-0.1, -0.05) is 26.2 Å². The zero-order valence-corrected chi connectivity index (χ0v) is 18.5. The fourth-order valence-corrected chi connectivity index (χ4v) is 5.09. The highest BCUT2D eigenvalue weighted by Crippen LogP contribution is 2.30. The molecular formula is C22H34BrN3O2. The van der Waals surface area contributed by atoms with E-state index in [1.807, 2.05) is 12.1 Å². The van der Waals surface area contributed by atoms with Crippen molar-refractivity contribution in [2.45, 2.75) is 89.4 Å². The smallest absolute Gasteiger partial charge is 0.251 e. The topological polar surface area (TPSA) is 78.6 Å². The SMILES string of the molecule is CCN(Cc1cc(C(=O)N[C@H]2CC[C@H](O)CC2)cc(Br)c1N)C1CCCCC1. The van der Waals surface area contributed by atoms with E-state index in [4.69, 9.17) is 5.73 Å². The molecule has 3 rings (SSSR count). The molecule has 4 N–H and O–H groups in total. The molecule has 0 aromatic heterocycles. The molecule has 2 fully saturated rings. The number of hydrogen-bond acceptors (Lipinski definition) is 4. The number of nitrogen functional groups attached to an aromatic ring is 1. The van der Waals surface area contributed by atoms with E-state index in [0.717, 1.165) is 54.5 Å². The van der Waals surface area contributed by atoms with Crippen molar-refractivity contribution in [3.63, 3.8) is 0 Å². The van der Waals surface area contributed by atoms with E-state index < -0.39 is 0 Å². The first-order chi connectivity index (χ1) is 13.5.